The van der Waals surface area contributed by atoms with E-state index in [4.69, 9.17) is 9.47 Å². The standard InChI is InChI=1S/C15H23N3O2/c1-4-5-8-18(3)15(16-2)17-10-12-6-7-13-14(9-12)20-11-19-13/h6-7,9H,4-5,8,10-11H2,1-3H3,(H,16,17). The molecule has 1 heterocycles. The molecule has 1 N–H and O–H groups in total. The fraction of sp³-hybridized carbons (Fsp3) is 0.533. The maximum absolute atomic E-state index is 5.38. The Bertz CT molecular complexity index is 474. The van der Waals surface area contributed by atoms with E-state index >= 15 is 0 Å². The number of unbranched alkanes of at least 4 members (excludes halogenated alkanes) is 1. The fourth-order valence-corrected chi connectivity index (χ4v) is 2.12. The van der Waals surface area contributed by atoms with Gasteiger partial charge in [-0.25, -0.2) is 0 Å². The number of fused-ring (bicyclic) bond motifs is 1. The predicted octanol–water partition coefficient (Wildman–Crippen LogP) is 2.22. The van der Waals surface area contributed by atoms with Crippen LogP contribution in [0.4, 0.5) is 0 Å². The molecule has 0 bridgehead atoms. The zero-order valence-corrected chi connectivity index (χ0v) is 12.5. The molecule has 5 nitrogen and oxygen atoms in total. The van der Waals surface area contributed by atoms with Crippen LogP contribution in [0.1, 0.15) is 25.3 Å². The van der Waals surface area contributed by atoms with Gasteiger partial charge in [-0.05, 0) is 24.1 Å². The van der Waals surface area contributed by atoms with Gasteiger partial charge in [0.1, 0.15) is 0 Å². The van der Waals surface area contributed by atoms with Crippen LogP contribution < -0.4 is 14.8 Å². The molecule has 1 aliphatic rings. The molecule has 1 aliphatic heterocycles. The maximum atomic E-state index is 5.38. The van der Waals surface area contributed by atoms with E-state index in [1.165, 1.54) is 12.8 Å². The molecule has 110 valence electrons. The maximum Gasteiger partial charge on any atom is 0.231 e. The Balaban J connectivity index is 1.90. The summed E-state index contributed by atoms with van der Waals surface area (Å²) in [5, 5.41) is 3.37. The zero-order chi connectivity index (χ0) is 14.4. The molecule has 0 amide bonds. The van der Waals surface area contributed by atoms with Crippen LogP contribution in [0.25, 0.3) is 0 Å². The third-order valence-electron chi connectivity index (χ3n) is 3.31. The van der Waals surface area contributed by atoms with E-state index in [0.717, 1.165) is 36.1 Å². The molecule has 1 aromatic rings. The van der Waals surface area contributed by atoms with Crippen LogP contribution in [-0.4, -0.2) is 38.3 Å². The first kappa shape index (κ1) is 14.5. The zero-order valence-electron chi connectivity index (χ0n) is 12.5. The van der Waals surface area contributed by atoms with Gasteiger partial charge in [-0.3, -0.25) is 4.99 Å². The van der Waals surface area contributed by atoms with Gasteiger partial charge in [0.15, 0.2) is 17.5 Å². The minimum Gasteiger partial charge on any atom is -0.454 e. The average molecular weight is 277 g/mol. The number of ether oxygens (including phenoxy) is 2. The Kier molecular flexibility index (Phi) is 5.09. The fourth-order valence-electron chi connectivity index (χ4n) is 2.12. The summed E-state index contributed by atoms with van der Waals surface area (Å²) < 4.78 is 10.7. The van der Waals surface area contributed by atoms with Crippen molar-refractivity contribution in [3.8, 4) is 11.5 Å². The van der Waals surface area contributed by atoms with Crippen molar-refractivity contribution < 1.29 is 9.47 Å². The quantitative estimate of drug-likeness (QED) is 0.662. The van der Waals surface area contributed by atoms with Crippen molar-refractivity contribution >= 4 is 5.96 Å². The highest BCUT2D eigenvalue weighted by Crippen LogP contribution is 2.32. The van der Waals surface area contributed by atoms with Crippen molar-refractivity contribution in [1.29, 1.82) is 0 Å². The molecule has 0 aliphatic carbocycles. The number of hydrogen-bond donors (Lipinski definition) is 1. The molecule has 20 heavy (non-hydrogen) atoms. The Labute approximate surface area is 120 Å². The molecular weight excluding hydrogens is 254 g/mol. The second-order valence-corrected chi connectivity index (χ2v) is 4.86. The highest BCUT2D eigenvalue weighted by Gasteiger charge is 2.13. The molecule has 5 heteroatoms. The third kappa shape index (κ3) is 3.56. The van der Waals surface area contributed by atoms with Gasteiger partial charge in [0.05, 0.1) is 0 Å². The highest BCUT2D eigenvalue weighted by atomic mass is 16.7. The summed E-state index contributed by atoms with van der Waals surface area (Å²) in [5.41, 5.74) is 1.15. The average Bonchev–Trinajstić information content (AvgIpc) is 2.93. The van der Waals surface area contributed by atoms with Crippen molar-refractivity contribution in [2.75, 3.05) is 27.4 Å². The van der Waals surface area contributed by atoms with Crippen LogP contribution in [-0.2, 0) is 6.54 Å². The first-order valence-corrected chi connectivity index (χ1v) is 7.05. The number of hydrogen-bond acceptors (Lipinski definition) is 3. The van der Waals surface area contributed by atoms with Gasteiger partial charge >= 0.3 is 0 Å². The first-order valence-electron chi connectivity index (χ1n) is 7.05. The summed E-state index contributed by atoms with van der Waals surface area (Å²) in [5.74, 6) is 2.55. The van der Waals surface area contributed by atoms with E-state index < -0.39 is 0 Å². The molecule has 0 atom stereocenters. The van der Waals surface area contributed by atoms with E-state index in [1.807, 2.05) is 25.2 Å². The number of rotatable bonds is 5. The Morgan fingerprint density at radius 1 is 1.35 bits per heavy atom. The van der Waals surface area contributed by atoms with Crippen LogP contribution in [0.5, 0.6) is 11.5 Å². The van der Waals surface area contributed by atoms with Gasteiger partial charge in [0.2, 0.25) is 6.79 Å². The largest absolute Gasteiger partial charge is 0.454 e. The molecule has 0 saturated heterocycles. The van der Waals surface area contributed by atoms with Crippen molar-refractivity contribution in [3.63, 3.8) is 0 Å². The summed E-state index contributed by atoms with van der Waals surface area (Å²) in [6, 6.07) is 6.00. The SMILES string of the molecule is CCCCN(C)C(=NC)NCc1ccc2c(c1)OCO2. The molecule has 0 spiro atoms. The topological polar surface area (TPSA) is 46.1 Å². The van der Waals surface area contributed by atoms with Gasteiger partial charge in [-0.2, -0.15) is 0 Å². The van der Waals surface area contributed by atoms with E-state index in [1.54, 1.807) is 0 Å². The Morgan fingerprint density at radius 3 is 2.90 bits per heavy atom. The van der Waals surface area contributed by atoms with Crippen LogP contribution >= 0.6 is 0 Å². The van der Waals surface area contributed by atoms with E-state index in [9.17, 15) is 0 Å². The summed E-state index contributed by atoms with van der Waals surface area (Å²) in [7, 11) is 3.87. The normalized spacial score (nSPS) is 13.4. The van der Waals surface area contributed by atoms with Crippen LogP contribution in [0, 0.1) is 0 Å². The Morgan fingerprint density at radius 2 is 2.15 bits per heavy atom. The van der Waals surface area contributed by atoms with Crippen molar-refractivity contribution in [3.05, 3.63) is 23.8 Å². The molecule has 0 aromatic heterocycles. The van der Waals surface area contributed by atoms with Gasteiger partial charge < -0.3 is 19.7 Å². The second kappa shape index (κ2) is 7.03. The third-order valence-corrected chi connectivity index (χ3v) is 3.31. The lowest BCUT2D eigenvalue weighted by atomic mass is 10.2. The summed E-state index contributed by atoms with van der Waals surface area (Å²) >= 11 is 0. The molecule has 2 rings (SSSR count). The smallest absolute Gasteiger partial charge is 0.231 e. The molecule has 0 unspecified atom stereocenters. The minimum absolute atomic E-state index is 0.313. The van der Waals surface area contributed by atoms with E-state index in [2.05, 4.69) is 29.2 Å². The van der Waals surface area contributed by atoms with Crippen molar-refractivity contribution in [2.45, 2.75) is 26.3 Å². The molecule has 0 radical (unpaired) electrons. The second-order valence-electron chi connectivity index (χ2n) is 4.86. The number of aliphatic imine (C=N–C) groups is 1. The molecule has 0 fully saturated rings. The molecule has 1 aromatic carbocycles. The van der Waals surface area contributed by atoms with E-state index in [-0.39, 0.29) is 0 Å². The molecule has 0 saturated carbocycles. The first-order chi connectivity index (χ1) is 9.74. The number of benzene rings is 1. The van der Waals surface area contributed by atoms with Crippen LogP contribution in [0.15, 0.2) is 23.2 Å². The highest BCUT2D eigenvalue weighted by molar-refractivity contribution is 5.79. The van der Waals surface area contributed by atoms with Gasteiger partial charge in [-0.15, -0.1) is 0 Å². The Hall–Kier alpha value is -1.91. The lowest BCUT2D eigenvalue weighted by molar-refractivity contribution is 0.174. The van der Waals surface area contributed by atoms with Gasteiger partial charge in [0.25, 0.3) is 0 Å². The van der Waals surface area contributed by atoms with Crippen LogP contribution in [0.2, 0.25) is 0 Å². The number of guanidine groups is 1. The van der Waals surface area contributed by atoms with Gasteiger partial charge in [0, 0.05) is 27.2 Å². The van der Waals surface area contributed by atoms with E-state index in [0.29, 0.717) is 6.79 Å². The minimum atomic E-state index is 0.313. The summed E-state index contributed by atoms with van der Waals surface area (Å²) in [4.78, 5) is 6.45. The monoisotopic (exact) mass is 277 g/mol. The number of nitrogens with zero attached hydrogens (tertiary/aromatic N) is 2. The lowest BCUT2D eigenvalue weighted by Crippen LogP contribution is -2.38. The van der Waals surface area contributed by atoms with Gasteiger partial charge in [-0.1, -0.05) is 19.4 Å². The summed E-state index contributed by atoms with van der Waals surface area (Å²) in [6.07, 6.45) is 2.35. The van der Waals surface area contributed by atoms with Crippen LogP contribution in [0.3, 0.4) is 0 Å². The lowest BCUT2D eigenvalue weighted by Gasteiger charge is -2.21. The molecular formula is C15H23N3O2. The van der Waals surface area contributed by atoms with Crippen molar-refractivity contribution in [2.24, 2.45) is 4.99 Å². The summed E-state index contributed by atoms with van der Waals surface area (Å²) in [6.45, 7) is 4.24. The predicted molar refractivity (Wildman–Crippen MR) is 80.3 cm³/mol. The van der Waals surface area contributed by atoms with Crippen molar-refractivity contribution in [1.82, 2.24) is 10.2 Å². The number of nitrogens with one attached hydrogen (secondary N) is 1.